The molecule has 0 radical (unpaired) electrons. The Balaban J connectivity index is 1.76. The molecule has 0 fully saturated rings. The summed E-state index contributed by atoms with van der Waals surface area (Å²) in [5, 5.41) is 14.0. The molecule has 0 unspecified atom stereocenters. The van der Waals surface area contributed by atoms with Crippen LogP contribution < -0.4 is 10.1 Å². The molecule has 1 amide bonds. The van der Waals surface area contributed by atoms with Gasteiger partial charge in [-0.25, -0.2) is 9.36 Å². The van der Waals surface area contributed by atoms with Crippen LogP contribution >= 0.6 is 31.2 Å². The summed E-state index contributed by atoms with van der Waals surface area (Å²) in [4.78, 5) is 14.4. The minimum atomic E-state index is -3.81. The highest BCUT2D eigenvalue weighted by atomic mass is 35.5. The molecule has 0 aliphatic heterocycles. The number of alkyl carbamates (subject to hydrolysis) is 1. The first-order valence-corrected chi connectivity index (χ1v) is 17.3. The van der Waals surface area contributed by atoms with Gasteiger partial charge in [0.1, 0.15) is 23.7 Å². The van der Waals surface area contributed by atoms with E-state index in [-0.39, 0.29) is 12.4 Å². The number of rotatable bonds is 16. The Labute approximate surface area is 275 Å². The number of carbonyl (C=O) groups excluding carboxylic acids is 1. The third kappa shape index (κ3) is 11.9. The Morgan fingerprint density at radius 2 is 1.71 bits per heavy atom. The van der Waals surface area contributed by atoms with E-state index in [2.05, 4.69) is 5.32 Å². The molecule has 2 N–H and O–H groups in total. The van der Waals surface area contributed by atoms with Crippen LogP contribution in [0.15, 0.2) is 76.5 Å². The van der Waals surface area contributed by atoms with Crippen LogP contribution in [0.1, 0.15) is 58.1 Å². The van der Waals surface area contributed by atoms with Crippen molar-refractivity contribution in [3.8, 4) is 11.5 Å². The Kier molecular flexibility index (Phi) is 13.7. The van der Waals surface area contributed by atoms with Gasteiger partial charge in [0.05, 0.1) is 17.0 Å². The number of hydrogen-bond donors (Lipinski definition) is 2. The first kappa shape index (κ1) is 36.7. The second-order valence-corrected chi connectivity index (χ2v) is 14.9. The van der Waals surface area contributed by atoms with Crippen molar-refractivity contribution >= 4 is 37.3 Å². The second-order valence-electron chi connectivity index (χ2n) is 11.5. The third-order valence-electron chi connectivity index (χ3n) is 6.75. The molecule has 3 rings (SSSR count). The van der Waals surface area contributed by atoms with Crippen molar-refractivity contribution in [2.24, 2.45) is 0 Å². The van der Waals surface area contributed by atoms with Crippen LogP contribution in [0.4, 0.5) is 4.79 Å². The van der Waals surface area contributed by atoms with E-state index in [1.54, 1.807) is 39.0 Å². The number of amides is 1. The first-order valence-electron chi connectivity index (χ1n) is 14.6. The van der Waals surface area contributed by atoms with Crippen LogP contribution in [0.25, 0.3) is 0 Å². The molecule has 0 bridgehead atoms. The number of phosphoric acid groups is 1. The molecule has 0 aliphatic rings. The molecule has 1 atom stereocenters. The van der Waals surface area contributed by atoms with Crippen LogP contribution in [0.2, 0.25) is 5.02 Å². The highest BCUT2D eigenvalue weighted by Gasteiger charge is 2.37. The lowest BCUT2D eigenvalue weighted by Crippen LogP contribution is -2.53. The van der Waals surface area contributed by atoms with Crippen LogP contribution in [0.3, 0.4) is 0 Å². The summed E-state index contributed by atoms with van der Waals surface area (Å²) in [5.74, 6) is 0.773. The van der Waals surface area contributed by atoms with Crippen molar-refractivity contribution in [3.63, 3.8) is 0 Å². The predicted octanol–water partition coefficient (Wildman–Crippen LogP) is 9.19. The number of carbonyl (C=O) groups is 1. The topological polar surface area (TPSA) is 113 Å². The fourth-order valence-electron chi connectivity index (χ4n) is 4.51. The number of phenolic OH excluding ortho intramolecular Hbond substituents is 1. The minimum absolute atomic E-state index is 0.132. The summed E-state index contributed by atoms with van der Waals surface area (Å²) in [6.45, 7) is 7.60. The zero-order valence-corrected chi connectivity index (χ0v) is 29.1. The summed E-state index contributed by atoms with van der Waals surface area (Å²) in [7, 11) is -1.34. The molecular weight excluding hydrogens is 637 g/mol. The number of halogens is 1. The van der Waals surface area contributed by atoms with E-state index >= 15 is 0 Å². The van der Waals surface area contributed by atoms with E-state index in [1.807, 2.05) is 55.5 Å². The van der Waals surface area contributed by atoms with Crippen LogP contribution in [-0.2, 0) is 35.9 Å². The molecule has 246 valence electrons. The molecule has 12 heteroatoms. The molecular formula is C33H43ClNO8PS. The smallest absolute Gasteiger partial charge is 0.474 e. The van der Waals surface area contributed by atoms with E-state index in [0.29, 0.717) is 48.0 Å². The van der Waals surface area contributed by atoms with Crippen molar-refractivity contribution in [2.45, 2.75) is 80.9 Å². The standard InChI is InChI=1S/C33H43ClNO8PS/c1-7-18-33(23-42-44(38,39-5)40-6,35-31(37)43-32(2,3)4)19-17-25-13-15-27(21-28(25)34)45-30-20-26(14-16-29(30)36)41-22-24-11-9-8-10-12-24/h8-16,20-21,36H,7,17-19,22-23H2,1-6H3,(H,35,37)/t33-/m0/s1. The Bertz CT molecular complexity index is 1440. The summed E-state index contributed by atoms with van der Waals surface area (Å²) in [5.41, 5.74) is 0.227. The van der Waals surface area contributed by atoms with Crippen molar-refractivity contribution < 1.29 is 37.5 Å². The number of hydrogen-bond acceptors (Lipinski definition) is 9. The van der Waals surface area contributed by atoms with Gasteiger partial charge in [0, 0.05) is 24.1 Å². The maximum absolute atomic E-state index is 12.9. The van der Waals surface area contributed by atoms with Crippen molar-refractivity contribution in [2.75, 3.05) is 20.8 Å². The fraction of sp³-hybridized carbons (Fsp3) is 0.424. The van der Waals surface area contributed by atoms with Gasteiger partial charge in [0.15, 0.2) is 0 Å². The Morgan fingerprint density at radius 3 is 2.33 bits per heavy atom. The Morgan fingerprint density at radius 1 is 1.00 bits per heavy atom. The van der Waals surface area contributed by atoms with Gasteiger partial charge in [-0.05, 0) is 81.5 Å². The normalized spacial score (nSPS) is 13.2. The van der Waals surface area contributed by atoms with E-state index in [9.17, 15) is 14.5 Å². The lowest BCUT2D eigenvalue weighted by molar-refractivity contribution is 0.0352. The van der Waals surface area contributed by atoms with E-state index < -0.39 is 25.1 Å². The zero-order valence-electron chi connectivity index (χ0n) is 26.6. The molecule has 0 spiro atoms. The molecule has 9 nitrogen and oxygen atoms in total. The average molecular weight is 680 g/mol. The van der Waals surface area contributed by atoms with E-state index in [1.165, 1.54) is 26.0 Å². The minimum Gasteiger partial charge on any atom is -0.507 e. The summed E-state index contributed by atoms with van der Waals surface area (Å²) < 4.78 is 39.7. The van der Waals surface area contributed by atoms with Crippen molar-refractivity contribution in [1.82, 2.24) is 5.32 Å². The fourth-order valence-corrected chi connectivity index (χ4v) is 6.53. The highest BCUT2D eigenvalue weighted by molar-refractivity contribution is 7.99. The Hall–Kier alpha value is -2.72. The third-order valence-corrected chi connectivity index (χ3v) is 9.47. The number of nitrogens with one attached hydrogen (secondary N) is 1. The molecule has 3 aromatic rings. The SMILES string of the molecule is CCC[C@](CCc1ccc(Sc2cc(OCc3ccccc3)ccc2O)cc1Cl)(COP(=O)(OC)OC)NC(=O)OC(C)(C)C. The number of phosphoric ester groups is 1. The van der Waals surface area contributed by atoms with Gasteiger partial charge in [-0.15, -0.1) is 0 Å². The van der Waals surface area contributed by atoms with Gasteiger partial charge in [0.25, 0.3) is 0 Å². The van der Waals surface area contributed by atoms with Crippen molar-refractivity contribution in [1.29, 1.82) is 0 Å². The highest BCUT2D eigenvalue weighted by Crippen LogP contribution is 2.48. The van der Waals surface area contributed by atoms with Gasteiger partial charge in [-0.3, -0.25) is 13.6 Å². The molecule has 0 saturated carbocycles. The monoisotopic (exact) mass is 679 g/mol. The van der Waals surface area contributed by atoms with Gasteiger partial charge in [-0.2, -0.15) is 0 Å². The maximum Gasteiger partial charge on any atom is 0.474 e. The summed E-state index contributed by atoms with van der Waals surface area (Å²) in [6.07, 6.45) is 1.47. The molecule has 3 aromatic carbocycles. The van der Waals surface area contributed by atoms with Gasteiger partial charge >= 0.3 is 13.9 Å². The van der Waals surface area contributed by atoms with Crippen LogP contribution in [0.5, 0.6) is 11.5 Å². The summed E-state index contributed by atoms with van der Waals surface area (Å²) >= 11 is 8.12. The maximum atomic E-state index is 12.9. The van der Waals surface area contributed by atoms with Crippen molar-refractivity contribution in [3.05, 3.63) is 82.9 Å². The van der Waals surface area contributed by atoms with Gasteiger partial charge < -0.3 is 19.9 Å². The second kappa shape index (κ2) is 16.7. The summed E-state index contributed by atoms with van der Waals surface area (Å²) in [6, 6.07) is 20.7. The van der Waals surface area contributed by atoms with Crippen LogP contribution in [-0.4, -0.2) is 43.2 Å². The lowest BCUT2D eigenvalue weighted by Gasteiger charge is -2.36. The number of ether oxygens (including phenoxy) is 2. The zero-order chi connectivity index (χ0) is 33.1. The molecule has 0 aliphatic carbocycles. The van der Waals surface area contributed by atoms with E-state index in [0.717, 1.165) is 16.0 Å². The number of phenols is 1. The largest absolute Gasteiger partial charge is 0.507 e. The quantitative estimate of drug-likeness (QED) is 0.143. The lowest BCUT2D eigenvalue weighted by atomic mass is 9.87. The number of benzene rings is 3. The van der Waals surface area contributed by atoms with Gasteiger partial charge in [0.2, 0.25) is 0 Å². The van der Waals surface area contributed by atoms with Gasteiger partial charge in [-0.1, -0.05) is 73.1 Å². The average Bonchev–Trinajstić information content (AvgIpc) is 2.99. The molecule has 0 aromatic heterocycles. The molecule has 0 heterocycles. The first-order chi connectivity index (χ1) is 21.3. The van der Waals surface area contributed by atoms with Crippen LogP contribution in [0, 0.1) is 0 Å². The predicted molar refractivity (Wildman–Crippen MR) is 177 cm³/mol. The molecule has 0 saturated heterocycles. The number of aromatic hydroxyl groups is 1. The molecule has 45 heavy (non-hydrogen) atoms. The number of aryl methyl sites for hydroxylation is 1. The van der Waals surface area contributed by atoms with E-state index in [4.69, 9.17) is 34.6 Å².